The molecule has 0 bridgehead atoms. The molecule has 0 aliphatic carbocycles. The summed E-state index contributed by atoms with van der Waals surface area (Å²) in [5.74, 6) is -1.13. The highest BCUT2D eigenvalue weighted by atomic mass is 31.2. The molecule has 0 aliphatic rings. The van der Waals surface area contributed by atoms with Gasteiger partial charge in [-0.05, 0) is 20.9 Å². The van der Waals surface area contributed by atoms with E-state index in [0.29, 0.717) is 6.42 Å². The Labute approximate surface area is 66.7 Å². The summed E-state index contributed by atoms with van der Waals surface area (Å²) < 4.78 is 15.2. The van der Waals surface area contributed by atoms with E-state index < -0.39 is 13.4 Å². The van der Waals surface area contributed by atoms with Crippen LogP contribution in [0.15, 0.2) is 0 Å². The van der Waals surface area contributed by atoms with Crippen LogP contribution >= 0.6 is 7.60 Å². The van der Waals surface area contributed by atoms with E-state index in [0.717, 1.165) is 0 Å². The van der Waals surface area contributed by atoms with Crippen molar-refractivity contribution in [3.05, 3.63) is 0 Å². The van der Waals surface area contributed by atoms with Crippen molar-refractivity contribution in [3.63, 3.8) is 0 Å². The lowest BCUT2D eigenvalue weighted by molar-refractivity contribution is -0.323. The largest absolute Gasteiger partial charge is 0.809 e. The highest BCUT2D eigenvalue weighted by Gasteiger charge is 2.10. The average molecular weight is 180 g/mol. The quantitative estimate of drug-likeness (QED) is 0.561. The molecule has 5 heteroatoms. The van der Waals surface area contributed by atoms with Crippen LogP contribution in [0.3, 0.4) is 0 Å². The van der Waals surface area contributed by atoms with Crippen molar-refractivity contribution in [1.29, 1.82) is 0 Å². The molecule has 4 nitrogen and oxygen atoms in total. The number of ether oxygens (including phenoxy) is 1. The van der Waals surface area contributed by atoms with Gasteiger partial charge in [-0.2, -0.15) is 0 Å². The number of hydrogen-bond acceptors (Lipinski definition) is 4. The molecule has 0 aromatic rings. The third kappa shape index (κ3) is 4.53. The Balaban J connectivity index is 3.99. The van der Waals surface area contributed by atoms with E-state index in [1.54, 1.807) is 6.92 Å². The topological polar surface area (TPSA) is 72.4 Å². The lowest BCUT2D eigenvalue weighted by Crippen LogP contribution is -2.28. The van der Waals surface area contributed by atoms with Gasteiger partial charge in [0.1, 0.15) is 0 Å². The first-order valence-electron chi connectivity index (χ1n) is 3.65. The molecule has 1 unspecified atom stereocenters. The van der Waals surface area contributed by atoms with Crippen molar-refractivity contribution in [1.82, 2.24) is 0 Å². The van der Waals surface area contributed by atoms with Gasteiger partial charge in [-0.15, -0.1) is 0 Å². The minimum absolute atomic E-state index is 0.263. The highest BCUT2D eigenvalue weighted by molar-refractivity contribution is 7.49. The number of hydrogen-bond donors (Lipinski definition) is 0. The van der Waals surface area contributed by atoms with E-state index >= 15 is 0 Å². The highest BCUT2D eigenvalue weighted by Crippen LogP contribution is 2.34. The molecule has 0 N–H and O–H groups in total. The summed E-state index contributed by atoms with van der Waals surface area (Å²) in [7, 11) is -4.53. The maximum absolute atomic E-state index is 10.5. The second-order valence-corrected chi connectivity index (χ2v) is 3.89. The summed E-state index contributed by atoms with van der Waals surface area (Å²) in [5.41, 5.74) is 0. The molecular formula is C6H13O4P-2. The summed E-state index contributed by atoms with van der Waals surface area (Å²) in [5, 5.41) is 0. The molecule has 0 rings (SSSR count). The summed E-state index contributed by atoms with van der Waals surface area (Å²) in [6.45, 7) is 3.74. The molecule has 0 radical (unpaired) electrons. The molecule has 11 heavy (non-hydrogen) atoms. The molecular weight excluding hydrogens is 167 g/mol. The van der Waals surface area contributed by atoms with Crippen molar-refractivity contribution in [2.24, 2.45) is 0 Å². The van der Waals surface area contributed by atoms with Crippen LogP contribution in [0.2, 0.25) is 0 Å². The zero-order valence-electron chi connectivity index (χ0n) is 6.78. The fraction of sp³-hybridized carbons (Fsp3) is 1.00. The van der Waals surface area contributed by atoms with Crippen molar-refractivity contribution >= 4 is 7.60 Å². The zero-order valence-corrected chi connectivity index (χ0v) is 7.67. The summed E-state index contributed by atoms with van der Waals surface area (Å²) in [6, 6.07) is 0. The Morgan fingerprint density at radius 2 is 2.00 bits per heavy atom. The fourth-order valence-electron chi connectivity index (χ4n) is 0.772. The molecule has 0 aliphatic heterocycles. The fourth-order valence-corrected chi connectivity index (χ4v) is 1.68. The Morgan fingerprint density at radius 3 is 2.27 bits per heavy atom. The first-order chi connectivity index (χ1) is 5.02. The van der Waals surface area contributed by atoms with Gasteiger partial charge in [-0.1, -0.05) is 13.3 Å². The molecule has 68 valence electrons. The van der Waals surface area contributed by atoms with Gasteiger partial charge in [0.05, 0.1) is 5.85 Å². The molecule has 0 spiro atoms. The minimum Gasteiger partial charge on any atom is -0.809 e. The number of rotatable bonds is 5. The minimum atomic E-state index is -4.53. The third-order valence-electron chi connectivity index (χ3n) is 1.25. The van der Waals surface area contributed by atoms with Crippen LogP contribution in [-0.2, 0) is 9.30 Å². The van der Waals surface area contributed by atoms with Crippen LogP contribution in [0.1, 0.15) is 26.7 Å². The Kier molecular flexibility index (Phi) is 4.93. The molecule has 0 fully saturated rings. The second kappa shape index (κ2) is 4.88. The van der Waals surface area contributed by atoms with Gasteiger partial charge in [-0.25, -0.2) is 0 Å². The monoisotopic (exact) mass is 180 g/mol. The molecule has 0 aromatic heterocycles. The first kappa shape index (κ1) is 11.1. The summed E-state index contributed by atoms with van der Waals surface area (Å²) in [4.78, 5) is 20.9. The van der Waals surface area contributed by atoms with E-state index in [9.17, 15) is 14.4 Å². The van der Waals surface area contributed by atoms with Crippen LogP contribution < -0.4 is 9.79 Å². The van der Waals surface area contributed by atoms with Gasteiger partial charge in [0.2, 0.25) is 0 Å². The van der Waals surface area contributed by atoms with Gasteiger partial charge in [0, 0.05) is 6.61 Å². The Bertz CT molecular complexity index is 136. The SMILES string of the molecule is CCCC(OCC)P(=O)([O-])[O-]. The van der Waals surface area contributed by atoms with Crippen LogP contribution in [0, 0.1) is 0 Å². The van der Waals surface area contributed by atoms with E-state index in [1.165, 1.54) is 0 Å². The lowest BCUT2D eigenvalue weighted by Gasteiger charge is -2.37. The van der Waals surface area contributed by atoms with Gasteiger partial charge < -0.3 is 19.1 Å². The Hall–Kier alpha value is 0.110. The van der Waals surface area contributed by atoms with Crippen LogP contribution in [0.4, 0.5) is 0 Å². The summed E-state index contributed by atoms with van der Waals surface area (Å²) in [6.07, 6.45) is 0.928. The van der Waals surface area contributed by atoms with E-state index in [2.05, 4.69) is 0 Å². The molecule has 0 heterocycles. The molecule has 0 saturated carbocycles. The second-order valence-electron chi connectivity index (χ2n) is 2.24. The molecule has 0 aromatic carbocycles. The molecule has 0 amide bonds. The lowest BCUT2D eigenvalue weighted by atomic mass is 10.4. The van der Waals surface area contributed by atoms with E-state index in [1.807, 2.05) is 6.92 Å². The average Bonchev–Trinajstić information content (AvgIpc) is 1.85. The third-order valence-corrected chi connectivity index (χ3v) is 2.36. The van der Waals surface area contributed by atoms with Gasteiger partial charge >= 0.3 is 0 Å². The van der Waals surface area contributed by atoms with Crippen LogP contribution in [0.5, 0.6) is 0 Å². The molecule has 0 saturated heterocycles. The van der Waals surface area contributed by atoms with Crippen molar-refractivity contribution < 1.29 is 19.1 Å². The standard InChI is InChI=1S/C6H15O4P/c1-3-5-6(10-4-2)11(7,8)9/h6H,3-5H2,1-2H3,(H2,7,8,9)/p-2. The summed E-state index contributed by atoms with van der Waals surface area (Å²) >= 11 is 0. The van der Waals surface area contributed by atoms with Crippen molar-refractivity contribution in [3.8, 4) is 0 Å². The van der Waals surface area contributed by atoms with Crippen molar-refractivity contribution in [2.75, 3.05) is 6.61 Å². The van der Waals surface area contributed by atoms with Crippen molar-refractivity contribution in [2.45, 2.75) is 32.5 Å². The maximum Gasteiger partial charge on any atom is 0.0842 e. The smallest absolute Gasteiger partial charge is 0.0842 e. The van der Waals surface area contributed by atoms with E-state index in [4.69, 9.17) is 4.74 Å². The van der Waals surface area contributed by atoms with Crippen LogP contribution in [0.25, 0.3) is 0 Å². The predicted octanol–water partition coefficient (Wildman–Crippen LogP) is 0.0628. The zero-order chi connectivity index (χ0) is 8.91. The van der Waals surface area contributed by atoms with Gasteiger partial charge in [0.25, 0.3) is 0 Å². The van der Waals surface area contributed by atoms with Gasteiger partial charge in [0.15, 0.2) is 0 Å². The van der Waals surface area contributed by atoms with Crippen LogP contribution in [-0.4, -0.2) is 12.5 Å². The van der Waals surface area contributed by atoms with E-state index in [-0.39, 0.29) is 13.0 Å². The predicted molar refractivity (Wildman–Crippen MR) is 37.9 cm³/mol. The first-order valence-corrected chi connectivity index (χ1v) is 5.26. The molecule has 1 atom stereocenters. The maximum atomic E-state index is 10.5. The Morgan fingerprint density at radius 1 is 1.45 bits per heavy atom. The normalized spacial score (nSPS) is 14.9. The van der Waals surface area contributed by atoms with Gasteiger partial charge in [-0.3, -0.25) is 0 Å².